The first-order chi connectivity index (χ1) is 7.65. The zero-order chi connectivity index (χ0) is 12.0. The Morgan fingerprint density at radius 2 is 2.06 bits per heavy atom. The van der Waals surface area contributed by atoms with Crippen LogP contribution in [0.4, 0.5) is 0 Å². The van der Waals surface area contributed by atoms with Crippen LogP contribution in [-0.4, -0.2) is 17.7 Å². The third-order valence-electron chi connectivity index (χ3n) is 2.03. The number of hydrogen-bond donors (Lipinski definition) is 1. The average Bonchev–Trinajstić information content (AvgIpc) is 2.26. The molecule has 1 N–H and O–H groups in total. The Kier molecular flexibility index (Phi) is 5.39. The standard InChI is InChI=1S/C13H19NOS/c1-4-9-14-13(15)11-7-5-6-8-12(11)16-10(2)3/h5-8,10H,4,9H2,1-3H3,(H,14,15). The summed E-state index contributed by atoms with van der Waals surface area (Å²) < 4.78 is 0. The molecule has 0 spiro atoms. The van der Waals surface area contributed by atoms with Gasteiger partial charge in [0.25, 0.3) is 5.91 Å². The smallest absolute Gasteiger partial charge is 0.252 e. The van der Waals surface area contributed by atoms with Crippen LogP contribution in [0.2, 0.25) is 0 Å². The number of hydrogen-bond acceptors (Lipinski definition) is 2. The molecule has 0 atom stereocenters. The highest BCUT2D eigenvalue weighted by molar-refractivity contribution is 8.00. The second-order valence-corrected chi connectivity index (χ2v) is 5.54. The molecule has 1 aromatic rings. The SMILES string of the molecule is CCCNC(=O)c1ccccc1SC(C)C. The summed E-state index contributed by atoms with van der Waals surface area (Å²) in [7, 11) is 0. The maximum absolute atomic E-state index is 11.9. The van der Waals surface area contributed by atoms with Gasteiger partial charge in [0.15, 0.2) is 0 Å². The number of carbonyl (C=O) groups is 1. The minimum atomic E-state index is 0.0330. The van der Waals surface area contributed by atoms with Crippen LogP contribution < -0.4 is 5.32 Å². The van der Waals surface area contributed by atoms with Crippen LogP contribution >= 0.6 is 11.8 Å². The van der Waals surface area contributed by atoms with Gasteiger partial charge in [0.1, 0.15) is 0 Å². The highest BCUT2D eigenvalue weighted by Gasteiger charge is 2.11. The van der Waals surface area contributed by atoms with Crippen LogP contribution in [0.1, 0.15) is 37.6 Å². The number of benzene rings is 1. The van der Waals surface area contributed by atoms with Crippen LogP contribution in [0, 0.1) is 0 Å². The van der Waals surface area contributed by atoms with Crippen molar-refractivity contribution in [1.82, 2.24) is 5.32 Å². The van der Waals surface area contributed by atoms with E-state index in [0.717, 1.165) is 23.4 Å². The van der Waals surface area contributed by atoms with Gasteiger partial charge in [-0.05, 0) is 18.6 Å². The van der Waals surface area contributed by atoms with Gasteiger partial charge >= 0.3 is 0 Å². The van der Waals surface area contributed by atoms with Gasteiger partial charge in [-0.15, -0.1) is 11.8 Å². The first-order valence-corrected chi connectivity index (χ1v) is 6.57. The molecule has 0 heterocycles. The summed E-state index contributed by atoms with van der Waals surface area (Å²) in [4.78, 5) is 12.9. The maximum Gasteiger partial charge on any atom is 0.252 e. The van der Waals surface area contributed by atoms with E-state index in [2.05, 4.69) is 26.1 Å². The lowest BCUT2D eigenvalue weighted by molar-refractivity contribution is 0.0951. The zero-order valence-electron chi connectivity index (χ0n) is 10.1. The predicted octanol–water partition coefficient (Wildman–Crippen LogP) is 3.33. The molecule has 0 saturated carbocycles. The van der Waals surface area contributed by atoms with Crippen molar-refractivity contribution in [3.63, 3.8) is 0 Å². The molecule has 0 saturated heterocycles. The summed E-state index contributed by atoms with van der Waals surface area (Å²) >= 11 is 1.73. The number of thioether (sulfide) groups is 1. The van der Waals surface area contributed by atoms with Gasteiger partial charge in [0.05, 0.1) is 5.56 Å². The molecule has 0 fully saturated rings. The van der Waals surface area contributed by atoms with Gasteiger partial charge in [0, 0.05) is 16.7 Å². The van der Waals surface area contributed by atoms with Gasteiger partial charge < -0.3 is 5.32 Å². The monoisotopic (exact) mass is 237 g/mol. The Labute approximate surface area is 102 Å². The van der Waals surface area contributed by atoms with Crippen molar-refractivity contribution in [3.8, 4) is 0 Å². The summed E-state index contributed by atoms with van der Waals surface area (Å²) in [5, 5.41) is 3.40. The molecule has 0 aliphatic carbocycles. The van der Waals surface area contributed by atoms with Gasteiger partial charge in [-0.3, -0.25) is 4.79 Å². The predicted molar refractivity (Wildman–Crippen MR) is 70.1 cm³/mol. The van der Waals surface area contributed by atoms with Crippen LogP contribution in [-0.2, 0) is 0 Å². The molecular formula is C13H19NOS. The second-order valence-electron chi connectivity index (χ2n) is 3.92. The van der Waals surface area contributed by atoms with Crippen molar-refractivity contribution in [2.24, 2.45) is 0 Å². The van der Waals surface area contributed by atoms with Gasteiger partial charge in [-0.1, -0.05) is 32.9 Å². The topological polar surface area (TPSA) is 29.1 Å². The minimum absolute atomic E-state index is 0.0330. The summed E-state index contributed by atoms with van der Waals surface area (Å²) in [6.07, 6.45) is 0.964. The van der Waals surface area contributed by atoms with E-state index in [4.69, 9.17) is 0 Å². The zero-order valence-corrected chi connectivity index (χ0v) is 10.9. The normalized spacial score (nSPS) is 10.5. The molecule has 0 bridgehead atoms. The van der Waals surface area contributed by atoms with E-state index in [1.54, 1.807) is 11.8 Å². The molecule has 0 aromatic heterocycles. The van der Waals surface area contributed by atoms with Gasteiger partial charge in [-0.25, -0.2) is 0 Å². The summed E-state index contributed by atoms with van der Waals surface area (Å²) in [6, 6.07) is 7.77. The molecule has 0 aliphatic rings. The molecular weight excluding hydrogens is 218 g/mol. The molecule has 3 heteroatoms. The molecule has 0 radical (unpaired) electrons. The van der Waals surface area contributed by atoms with E-state index < -0.39 is 0 Å². The Balaban J connectivity index is 2.81. The van der Waals surface area contributed by atoms with Crippen molar-refractivity contribution in [1.29, 1.82) is 0 Å². The van der Waals surface area contributed by atoms with E-state index in [0.29, 0.717) is 5.25 Å². The number of rotatable bonds is 5. The van der Waals surface area contributed by atoms with E-state index in [1.165, 1.54) is 0 Å². The molecule has 2 nitrogen and oxygen atoms in total. The van der Waals surface area contributed by atoms with E-state index in [-0.39, 0.29) is 5.91 Å². The van der Waals surface area contributed by atoms with Crippen molar-refractivity contribution < 1.29 is 4.79 Å². The number of nitrogens with one attached hydrogen (secondary N) is 1. The molecule has 1 aromatic carbocycles. The Morgan fingerprint density at radius 3 is 2.69 bits per heavy atom. The average molecular weight is 237 g/mol. The minimum Gasteiger partial charge on any atom is -0.352 e. The van der Waals surface area contributed by atoms with Crippen LogP contribution in [0.3, 0.4) is 0 Å². The van der Waals surface area contributed by atoms with Crippen LogP contribution in [0.15, 0.2) is 29.2 Å². The molecule has 1 rings (SSSR count). The lowest BCUT2D eigenvalue weighted by atomic mass is 10.2. The van der Waals surface area contributed by atoms with Crippen LogP contribution in [0.5, 0.6) is 0 Å². The lowest BCUT2D eigenvalue weighted by Crippen LogP contribution is -2.24. The largest absolute Gasteiger partial charge is 0.352 e. The highest BCUT2D eigenvalue weighted by Crippen LogP contribution is 2.26. The number of carbonyl (C=O) groups excluding carboxylic acids is 1. The summed E-state index contributed by atoms with van der Waals surface area (Å²) in [5.41, 5.74) is 0.787. The Morgan fingerprint density at radius 1 is 1.38 bits per heavy atom. The summed E-state index contributed by atoms with van der Waals surface area (Å²) in [6.45, 7) is 7.05. The third-order valence-corrected chi connectivity index (χ3v) is 3.11. The van der Waals surface area contributed by atoms with Crippen molar-refractivity contribution in [3.05, 3.63) is 29.8 Å². The molecule has 1 amide bonds. The number of amides is 1. The van der Waals surface area contributed by atoms with E-state index in [1.807, 2.05) is 24.3 Å². The van der Waals surface area contributed by atoms with Gasteiger partial charge in [-0.2, -0.15) is 0 Å². The van der Waals surface area contributed by atoms with Crippen molar-refractivity contribution in [2.75, 3.05) is 6.54 Å². The fourth-order valence-electron chi connectivity index (χ4n) is 1.34. The first-order valence-electron chi connectivity index (χ1n) is 5.69. The molecule has 16 heavy (non-hydrogen) atoms. The van der Waals surface area contributed by atoms with Crippen molar-refractivity contribution >= 4 is 17.7 Å². The first kappa shape index (κ1) is 13.1. The second kappa shape index (κ2) is 6.59. The van der Waals surface area contributed by atoms with E-state index in [9.17, 15) is 4.79 Å². The van der Waals surface area contributed by atoms with Gasteiger partial charge in [0.2, 0.25) is 0 Å². The summed E-state index contributed by atoms with van der Waals surface area (Å²) in [5.74, 6) is 0.0330. The molecule has 88 valence electrons. The molecule has 0 aliphatic heterocycles. The quantitative estimate of drug-likeness (QED) is 0.796. The third kappa shape index (κ3) is 3.89. The Bertz CT molecular complexity index is 350. The van der Waals surface area contributed by atoms with E-state index >= 15 is 0 Å². The fraction of sp³-hybridized carbons (Fsp3) is 0.462. The fourth-order valence-corrected chi connectivity index (χ4v) is 2.30. The van der Waals surface area contributed by atoms with Crippen LogP contribution in [0.25, 0.3) is 0 Å². The molecule has 0 unspecified atom stereocenters. The maximum atomic E-state index is 11.9. The highest BCUT2D eigenvalue weighted by atomic mass is 32.2. The van der Waals surface area contributed by atoms with Crippen molar-refractivity contribution in [2.45, 2.75) is 37.3 Å². The lowest BCUT2D eigenvalue weighted by Gasteiger charge is -2.10. The Hall–Kier alpha value is -0.960.